The highest BCUT2D eigenvalue weighted by atomic mass is 79.9. The smallest absolute Gasteiger partial charge is 0.306 e. The first-order chi connectivity index (χ1) is 8.04. The first-order valence-electron chi connectivity index (χ1n) is 5.18. The number of Topliss-reactive ketones (excluding diaryl/α,β-unsaturated/α-hetero) is 1. The second kappa shape index (κ2) is 6.77. The van der Waals surface area contributed by atoms with Crippen LogP contribution >= 0.6 is 27.5 Å². The minimum Gasteiger partial charge on any atom is -0.466 e. The molecule has 0 saturated carbocycles. The summed E-state index contributed by atoms with van der Waals surface area (Å²) in [6.45, 7) is 2.05. The van der Waals surface area contributed by atoms with Gasteiger partial charge in [0.2, 0.25) is 0 Å². The van der Waals surface area contributed by atoms with Crippen molar-refractivity contribution >= 4 is 39.3 Å². The van der Waals surface area contributed by atoms with E-state index in [4.69, 9.17) is 16.3 Å². The number of ketones is 1. The van der Waals surface area contributed by atoms with Crippen LogP contribution in [-0.2, 0) is 9.53 Å². The lowest BCUT2D eigenvalue weighted by Crippen LogP contribution is -2.08. The molecule has 0 aliphatic rings. The zero-order valence-electron chi connectivity index (χ0n) is 9.33. The number of carbonyl (C=O) groups is 2. The quantitative estimate of drug-likeness (QED) is 0.615. The molecule has 0 radical (unpaired) electrons. The maximum Gasteiger partial charge on any atom is 0.306 e. The Bertz CT molecular complexity index is 432. The highest BCUT2D eigenvalue weighted by molar-refractivity contribution is 9.10. The zero-order chi connectivity index (χ0) is 12.8. The monoisotopic (exact) mass is 318 g/mol. The van der Waals surface area contributed by atoms with Crippen LogP contribution < -0.4 is 0 Å². The molecule has 0 N–H and O–H groups in total. The van der Waals surface area contributed by atoms with Crippen LogP contribution in [0, 0.1) is 0 Å². The van der Waals surface area contributed by atoms with Gasteiger partial charge in [0.1, 0.15) is 0 Å². The van der Waals surface area contributed by atoms with Crippen molar-refractivity contribution in [1.82, 2.24) is 0 Å². The maximum absolute atomic E-state index is 11.8. The molecule has 92 valence electrons. The van der Waals surface area contributed by atoms with Crippen molar-refractivity contribution in [3.05, 3.63) is 33.3 Å². The summed E-state index contributed by atoms with van der Waals surface area (Å²) in [6.07, 6.45) is 0.185. The molecule has 0 saturated heterocycles. The van der Waals surface area contributed by atoms with E-state index in [0.717, 1.165) is 4.47 Å². The Morgan fingerprint density at radius 1 is 1.35 bits per heavy atom. The highest BCUT2D eigenvalue weighted by Crippen LogP contribution is 2.22. The third-order valence-electron chi connectivity index (χ3n) is 2.09. The van der Waals surface area contributed by atoms with E-state index in [1.807, 2.05) is 0 Å². The molecule has 0 aromatic heterocycles. The number of ether oxygens (including phenoxy) is 1. The number of halogens is 2. The average Bonchev–Trinajstić information content (AvgIpc) is 2.29. The molecule has 1 aromatic rings. The SMILES string of the molecule is CCOC(=O)CCC(=O)c1cc(Br)ccc1Cl. The van der Waals surface area contributed by atoms with Gasteiger partial charge in [-0.2, -0.15) is 0 Å². The molecule has 0 aliphatic heterocycles. The van der Waals surface area contributed by atoms with Crippen LogP contribution in [-0.4, -0.2) is 18.4 Å². The van der Waals surface area contributed by atoms with Crippen molar-refractivity contribution in [1.29, 1.82) is 0 Å². The molecule has 0 heterocycles. The molecule has 0 atom stereocenters. The van der Waals surface area contributed by atoms with E-state index in [9.17, 15) is 9.59 Å². The van der Waals surface area contributed by atoms with Gasteiger partial charge in [0.05, 0.1) is 18.1 Å². The second-order valence-electron chi connectivity index (χ2n) is 3.35. The van der Waals surface area contributed by atoms with Gasteiger partial charge in [-0.1, -0.05) is 27.5 Å². The van der Waals surface area contributed by atoms with Gasteiger partial charge in [-0.05, 0) is 25.1 Å². The Balaban J connectivity index is 2.64. The van der Waals surface area contributed by atoms with Crippen LogP contribution in [0.2, 0.25) is 5.02 Å². The zero-order valence-corrected chi connectivity index (χ0v) is 11.7. The minimum absolute atomic E-state index is 0.0789. The molecule has 0 amide bonds. The Hall–Kier alpha value is -0.870. The normalized spacial score (nSPS) is 10.1. The summed E-state index contributed by atoms with van der Waals surface area (Å²) >= 11 is 9.18. The van der Waals surface area contributed by atoms with Gasteiger partial charge in [-0.15, -0.1) is 0 Å². The van der Waals surface area contributed by atoms with Crippen LogP contribution in [0.15, 0.2) is 22.7 Å². The van der Waals surface area contributed by atoms with Crippen molar-refractivity contribution < 1.29 is 14.3 Å². The van der Waals surface area contributed by atoms with Crippen molar-refractivity contribution in [2.45, 2.75) is 19.8 Å². The van der Waals surface area contributed by atoms with Gasteiger partial charge in [-0.3, -0.25) is 9.59 Å². The molecule has 0 fully saturated rings. The van der Waals surface area contributed by atoms with Crippen LogP contribution in [0.1, 0.15) is 30.1 Å². The predicted octanol–water partition coefficient (Wildman–Crippen LogP) is 3.63. The molecule has 1 rings (SSSR count). The molecular weight excluding hydrogens is 307 g/mol. The van der Waals surface area contributed by atoms with Gasteiger partial charge in [-0.25, -0.2) is 0 Å². The molecular formula is C12H12BrClO3. The second-order valence-corrected chi connectivity index (χ2v) is 4.68. The Kier molecular flexibility index (Phi) is 5.65. The molecule has 0 aliphatic carbocycles. The van der Waals surface area contributed by atoms with Crippen molar-refractivity contribution in [2.75, 3.05) is 6.61 Å². The summed E-state index contributed by atoms with van der Waals surface area (Å²) in [7, 11) is 0. The first-order valence-corrected chi connectivity index (χ1v) is 6.35. The van der Waals surface area contributed by atoms with Crippen molar-refractivity contribution in [3.63, 3.8) is 0 Å². The summed E-state index contributed by atoms with van der Waals surface area (Å²) in [5.74, 6) is -0.531. The summed E-state index contributed by atoms with van der Waals surface area (Å²) in [6, 6.07) is 5.05. The Morgan fingerprint density at radius 2 is 2.06 bits per heavy atom. The number of carbonyl (C=O) groups excluding carboxylic acids is 2. The van der Waals surface area contributed by atoms with Gasteiger partial charge >= 0.3 is 5.97 Å². The molecule has 1 aromatic carbocycles. The molecule has 5 heteroatoms. The lowest BCUT2D eigenvalue weighted by Gasteiger charge is -2.04. The third-order valence-corrected chi connectivity index (χ3v) is 2.91. The lowest BCUT2D eigenvalue weighted by atomic mass is 10.1. The van der Waals surface area contributed by atoms with Crippen LogP contribution in [0.25, 0.3) is 0 Å². The van der Waals surface area contributed by atoms with E-state index in [1.54, 1.807) is 25.1 Å². The number of benzene rings is 1. The first kappa shape index (κ1) is 14.2. The van der Waals surface area contributed by atoms with Gasteiger partial charge in [0.15, 0.2) is 5.78 Å². The summed E-state index contributed by atoms with van der Waals surface area (Å²) in [5, 5.41) is 0.391. The Labute approximate surface area is 113 Å². The van der Waals surface area contributed by atoms with E-state index < -0.39 is 0 Å². The van der Waals surface area contributed by atoms with E-state index in [2.05, 4.69) is 15.9 Å². The summed E-state index contributed by atoms with van der Waals surface area (Å²) in [4.78, 5) is 22.9. The van der Waals surface area contributed by atoms with E-state index >= 15 is 0 Å². The highest BCUT2D eigenvalue weighted by Gasteiger charge is 2.13. The number of rotatable bonds is 5. The van der Waals surface area contributed by atoms with E-state index in [1.165, 1.54) is 0 Å². The van der Waals surface area contributed by atoms with Crippen LogP contribution in [0.4, 0.5) is 0 Å². The fraction of sp³-hybridized carbons (Fsp3) is 0.333. The topological polar surface area (TPSA) is 43.4 Å². The predicted molar refractivity (Wildman–Crippen MR) is 69.3 cm³/mol. The van der Waals surface area contributed by atoms with Crippen molar-refractivity contribution in [3.8, 4) is 0 Å². The van der Waals surface area contributed by atoms with Crippen LogP contribution in [0.5, 0.6) is 0 Å². The number of hydrogen-bond donors (Lipinski definition) is 0. The molecule has 17 heavy (non-hydrogen) atoms. The lowest BCUT2D eigenvalue weighted by molar-refractivity contribution is -0.143. The largest absolute Gasteiger partial charge is 0.466 e. The third kappa shape index (κ3) is 4.48. The Morgan fingerprint density at radius 3 is 2.71 bits per heavy atom. The van der Waals surface area contributed by atoms with Gasteiger partial charge in [0, 0.05) is 16.5 Å². The molecule has 3 nitrogen and oxygen atoms in total. The fourth-order valence-corrected chi connectivity index (χ4v) is 1.88. The molecule has 0 bridgehead atoms. The maximum atomic E-state index is 11.8. The van der Waals surface area contributed by atoms with Crippen molar-refractivity contribution in [2.24, 2.45) is 0 Å². The van der Waals surface area contributed by atoms with E-state index in [0.29, 0.717) is 17.2 Å². The number of esters is 1. The molecule has 0 spiro atoms. The summed E-state index contributed by atoms with van der Waals surface area (Å²) in [5.41, 5.74) is 0.422. The fourth-order valence-electron chi connectivity index (χ4n) is 1.29. The standard InChI is InChI=1S/C12H12BrClO3/c1-2-17-12(16)6-5-11(15)9-7-8(13)3-4-10(9)14/h3-4,7H,2,5-6H2,1H3. The summed E-state index contributed by atoms with van der Waals surface area (Å²) < 4.78 is 5.53. The average molecular weight is 320 g/mol. The number of hydrogen-bond acceptors (Lipinski definition) is 3. The van der Waals surface area contributed by atoms with Crippen LogP contribution in [0.3, 0.4) is 0 Å². The minimum atomic E-state index is -0.369. The van der Waals surface area contributed by atoms with E-state index in [-0.39, 0.29) is 24.6 Å². The van der Waals surface area contributed by atoms with Gasteiger partial charge in [0.25, 0.3) is 0 Å². The molecule has 0 unspecified atom stereocenters. The van der Waals surface area contributed by atoms with Gasteiger partial charge < -0.3 is 4.74 Å².